The Hall–Kier alpha value is -1.54. The van der Waals surface area contributed by atoms with Gasteiger partial charge in [-0.1, -0.05) is 0 Å². The Labute approximate surface area is 57.6 Å². The number of rotatable bonds is 1. The topological polar surface area (TPSA) is 55.2 Å². The molecule has 0 radical (unpaired) electrons. The van der Waals surface area contributed by atoms with E-state index in [4.69, 9.17) is 0 Å². The monoisotopic (exact) mass is 135 g/mol. The number of nitrogens with zero attached hydrogens (tertiary/aromatic N) is 3. The summed E-state index contributed by atoms with van der Waals surface area (Å²) in [6.07, 6.45) is 1.38. The van der Waals surface area contributed by atoms with Crippen molar-refractivity contribution < 1.29 is 4.79 Å². The Kier molecular flexibility index (Phi) is 1.87. The lowest BCUT2D eigenvalue weighted by Crippen LogP contribution is -1.83. The molecule has 1 rings (SSSR count). The summed E-state index contributed by atoms with van der Waals surface area (Å²) in [4.78, 5) is 13.0. The Bertz CT molecular complexity index is 261. The van der Waals surface area contributed by atoms with Crippen molar-refractivity contribution in [3.63, 3.8) is 0 Å². The minimum atomic E-state index is 0.292. The van der Waals surface area contributed by atoms with Crippen LogP contribution in [0.1, 0.15) is 5.69 Å². The Morgan fingerprint density at radius 2 is 2.30 bits per heavy atom. The smallest absolute Gasteiger partial charge is 0.211 e. The summed E-state index contributed by atoms with van der Waals surface area (Å²) < 4.78 is 0. The molecule has 0 atom stereocenters. The van der Waals surface area contributed by atoms with E-state index in [0.29, 0.717) is 5.82 Å². The summed E-state index contributed by atoms with van der Waals surface area (Å²) in [5.74, 6) is 0.292. The second-order valence-electron chi connectivity index (χ2n) is 1.74. The molecule has 1 heterocycles. The summed E-state index contributed by atoms with van der Waals surface area (Å²) in [5.41, 5.74) is 0.796. The summed E-state index contributed by atoms with van der Waals surface area (Å²) >= 11 is 0. The van der Waals surface area contributed by atoms with Crippen molar-refractivity contribution in [2.45, 2.75) is 6.92 Å². The fourth-order valence-electron chi connectivity index (χ4n) is 0.498. The van der Waals surface area contributed by atoms with Crippen LogP contribution in [0.5, 0.6) is 0 Å². The quantitative estimate of drug-likeness (QED) is 0.421. The molecule has 0 unspecified atom stereocenters. The van der Waals surface area contributed by atoms with Crippen LogP contribution < -0.4 is 0 Å². The molecule has 0 saturated carbocycles. The predicted octanol–water partition coefficient (Wildman–Crippen LogP) is 0.752. The van der Waals surface area contributed by atoms with Crippen LogP contribution in [-0.2, 0) is 4.79 Å². The number of aromatic nitrogens is 2. The molecule has 0 amide bonds. The number of hydrogen-bond donors (Lipinski definition) is 0. The fourth-order valence-corrected chi connectivity index (χ4v) is 0.498. The molecule has 0 aliphatic heterocycles. The molecule has 0 aromatic carbocycles. The molecule has 1 aromatic rings. The van der Waals surface area contributed by atoms with Crippen molar-refractivity contribution in [3.05, 3.63) is 17.8 Å². The first-order valence-electron chi connectivity index (χ1n) is 2.71. The minimum absolute atomic E-state index is 0.292. The van der Waals surface area contributed by atoms with E-state index in [9.17, 15) is 4.79 Å². The number of hydrogen-bond acceptors (Lipinski definition) is 4. The van der Waals surface area contributed by atoms with Gasteiger partial charge in [-0.25, -0.2) is 4.79 Å². The summed E-state index contributed by atoms with van der Waals surface area (Å²) in [6.45, 7) is 1.81. The molecule has 50 valence electrons. The van der Waals surface area contributed by atoms with Gasteiger partial charge in [-0.2, -0.15) is 5.10 Å². The molecule has 0 spiro atoms. The highest BCUT2D eigenvalue weighted by atomic mass is 16.1. The third-order valence-corrected chi connectivity index (χ3v) is 0.944. The van der Waals surface area contributed by atoms with Gasteiger partial charge >= 0.3 is 0 Å². The van der Waals surface area contributed by atoms with Crippen molar-refractivity contribution in [1.29, 1.82) is 0 Å². The van der Waals surface area contributed by atoms with Gasteiger partial charge in [0.25, 0.3) is 0 Å². The van der Waals surface area contributed by atoms with Crippen molar-refractivity contribution >= 4 is 11.9 Å². The standard InChI is InChI=1S/C6H5N3O/c1-5-2-3-6(7-4-10)9-8-5/h2-3H,1H3. The number of isocyanates is 1. The number of aryl methyl sites for hydroxylation is 1. The number of aliphatic imine (C=N–C) groups is 1. The first-order valence-corrected chi connectivity index (χ1v) is 2.71. The van der Waals surface area contributed by atoms with Crippen LogP contribution in [0.15, 0.2) is 17.1 Å². The van der Waals surface area contributed by atoms with Crippen molar-refractivity contribution in [3.8, 4) is 0 Å². The molecule has 0 saturated heterocycles. The van der Waals surface area contributed by atoms with E-state index in [0.717, 1.165) is 5.69 Å². The molecule has 0 aliphatic carbocycles. The largest absolute Gasteiger partial charge is 0.242 e. The van der Waals surface area contributed by atoms with Gasteiger partial charge in [0.2, 0.25) is 6.08 Å². The molecule has 0 fully saturated rings. The van der Waals surface area contributed by atoms with Crippen LogP contribution in [0, 0.1) is 6.92 Å². The van der Waals surface area contributed by atoms with E-state index in [1.807, 2.05) is 0 Å². The highest BCUT2D eigenvalue weighted by Gasteiger charge is 1.88. The van der Waals surface area contributed by atoms with E-state index in [1.54, 1.807) is 19.1 Å². The lowest BCUT2D eigenvalue weighted by Gasteiger charge is -1.87. The molecule has 0 bridgehead atoms. The summed E-state index contributed by atoms with van der Waals surface area (Å²) in [7, 11) is 0. The van der Waals surface area contributed by atoms with Crippen LogP contribution in [0.4, 0.5) is 5.82 Å². The highest BCUT2D eigenvalue weighted by molar-refractivity contribution is 5.43. The SMILES string of the molecule is Cc1ccc(N=C=O)nn1. The average molecular weight is 135 g/mol. The van der Waals surface area contributed by atoms with Crippen molar-refractivity contribution in [2.75, 3.05) is 0 Å². The van der Waals surface area contributed by atoms with E-state index < -0.39 is 0 Å². The van der Waals surface area contributed by atoms with Gasteiger partial charge in [0.15, 0.2) is 5.82 Å². The fraction of sp³-hybridized carbons (Fsp3) is 0.167. The number of carbonyl (C=O) groups excluding carboxylic acids is 1. The van der Waals surface area contributed by atoms with Crippen LogP contribution >= 0.6 is 0 Å². The van der Waals surface area contributed by atoms with Gasteiger partial charge in [0.1, 0.15) is 0 Å². The lowest BCUT2D eigenvalue weighted by atomic mass is 10.4. The molecule has 10 heavy (non-hydrogen) atoms. The van der Waals surface area contributed by atoms with Gasteiger partial charge in [0, 0.05) is 0 Å². The highest BCUT2D eigenvalue weighted by Crippen LogP contribution is 2.02. The molecule has 4 heteroatoms. The van der Waals surface area contributed by atoms with E-state index >= 15 is 0 Å². The van der Waals surface area contributed by atoms with E-state index in [-0.39, 0.29) is 0 Å². The van der Waals surface area contributed by atoms with Gasteiger partial charge in [-0.05, 0) is 19.1 Å². The average Bonchev–Trinajstić information content (AvgIpc) is 1.95. The van der Waals surface area contributed by atoms with Gasteiger partial charge in [-0.15, -0.1) is 10.1 Å². The first kappa shape index (κ1) is 6.58. The zero-order valence-corrected chi connectivity index (χ0v) is 5.40. The second kappa shape index (κ2) is 2.85. The van der Waals surface area contributed by atoms with E-state index in [1.165, 1.54) is 6.08 Å². The third kappa shape index (κ3) is 1.47. The summed E-state index contributed by atoms with van der Waals surface area (Å²) in [5, 5.41) is 7.26. The zero-order valence-electron chi connectivity index (χ0n) is 5.40. The normalized spacial score (nSPS) is 8.50. The molecular weight excluding hydrogens is 130 g/mol. The predicted molar refractivity (Wildman–Crippen MR) is 34.6 cm³/mol. The molecule has 0 aliphatic rings. The maximum Gasteiger partial charge on any atom is 0.242 e. The van der Waals surface area contributed by atoms with Crippen LogP contribution in [-0.4, -0.2) is 16.3 Å². The molecular formula is C6H5N3O. The molecule has 4 nitrogen and oxygen atoms in total. The third-order valence-electron chi connectivity index (χ3n) is 0.944. The van der Waals surface area contributed by atoms with Gasteiger partial charge < -0.3 is 0 Å². The Morgan fingerprint density at radius 1 is 1.50 bits per heavy atom. The lowest BCUT2D eigenvalue weighted by molar-refractivity contribution is 0.565. The zero-order chi connectivity index (χ0) is 7.40. The van der Waals surface area contributed by atoms with Gasteiger partial charge in [-0.3, -0.25) is 0 Å². The Balaban J connectivity index is 3.00. The molecule has 0 N–H and O–H groups in total. The Morgan fingerprint density at radius 3 is 2.80 bits per heavy atom. The first-order chi connectivity index (χ1) is 4.83. The van der Waals surface area contributed by atoms with Crippen LogP contribution in [0.25, 0.3) is 0 Å². The summed E-state index contributed by atoms with van der Waals surface area (Å²) in [6, 6.07) is 3.33. The maximum atomic E-state index is 9.70. The molecule has 1 aromatic heterocycles. The minimum Gasteiger partial charge on any atom is -0.211 e. The van der Waals surface area contributed by atoms with Crippen LogP contribution in [0.3, 0.4) is 0 Å². The van der Waals surface area contributed by atoms with E-state index in [2.05, 4.69) is 15.2 Å². The van der Waals surface area contributed by atoms with Crippen LogP contribution in [0.2, 0.25) is 0 Å². The maximum absolute atomic E-state index is 9.70. The van der Waals surface area contributed by atoms with Crippen molar-refractivity contribution in [1.82, 2.24) is 10.2 Å². The second-order valence-corrected chi connectivity index (χ2v) is 1.74. The van der Waals surface area contributed by atoms with Gasteiger partial charge in [0.05, 0.1) is 5.69 Å². The van der Waals surface area contributed by atoms with Crippen molar-refractivity contribution in [2.24, 2.45) is 4.99 Å².